The molecule has 5 nitrogen and oxygen atoms in total. The lowest BCUT2D eigenvalue weighted by Crippen LogP contribution is -2.47. The van der Waals surface area contributed by atoms with Crippen molar-refractivity contribution in [2.24, 2.45) is 4.99 Å². The summed E-state index contributed by atoms with van der Waals surface area (Å²) in [7, 11) is 1.74. The van der Waals surface area contributed by atoms with Crippen LogP contribution < -0.4 is 10.6 Å². The van der Waals surface area contributed by atoms with E-state index >= 15 is 0 Å². The molecule has 0 bridgehead atoms. The van der Waals surface area contributed by atoms with Gasteiger partial charge in [-0.3, -0.25) is 9.79 Å². The van der Waals surface area contributed by atoms with Gasteiger partial charge in [-0.2, -0.15) is 0 Å². The summed E-state index contributed by atoms with van der Waals surface area (Å²) in [5.74, 6) is 0.795. The molecule has 0 spiro atoms. The van der Waals surface area contributed by atoms with Crippen LogP contribution in [0, 0.1) is 0 Å². The molecule has 2 heterocycles. The quantitative estimate of drug-likeness (QED) is 0.595. The van der Waals surface area contributed by atoms with Crippen molar-refractivity contribution in [1.82, 2.24) is 15.5 Å². The van der Waals surface area contributed by atoms with Crippen LogP contribution in [0.2, 0.25) is 0 Å². The first-order chi connectivity index (χ1) is 13.2. The Labute approximate surface area is 165 Å². The zero-order valence-corrected chi connectivity index (χ0v) is 16.9. The van der Waals surface area contributed by atoms with Gasteiger partial charge in [-0.25, -0.2) is 0 Å². The minimum Gasteiger partial charge on any atom is -0.354 e. The van der Waals surface area contributed by atoms with Crippen LogP contribution in [0.1, 0.15) is 29.3 Å². The van der Waals surface area contributed by atoms with Crippen LogP contribution in [-0.2, 0) is 24.2 Å². The normalized spacial score (nSPS) is 15.2. The highest BCUT2D eigenvalue weighted by Gasteiger charge is 2.21. The number of nitrogens with zero attached hydrogens (tertiary/aromatic N) is 2. The van der Waals surface area contributed by atoms with E-state index in [0.717, 1.165) is 32.4 Å². The number of carbonyl (C=O) groups is 1. The molecule has 0 saturated heterocycles. The van der Waals surface area contributed by atoms with Gasteiger partial charge < -0.3 is 15.5 Å². The second kappa shape index (κ2) is 9.55. The van der Waals surface area contributed by atoms with E-state index in [1.54, 1.807) is 18.4 Å². The molecule has 1 aliphatic rings. The Morgan fingerprint density at radius 2 is 2.11 bits per heavy atom. The second-order valence-corrected chi connectivity index (χ2v) is 7.93. The van der Waals surface area contributed by atoms with Gasteiger partial charge in [0.15, 0.2) is 5.96 Å². The van der Waals surface area contributed by atoms with Gasteiger partial charge >= 0.3 is 0 Å². The minimum atomic E-state index is 0.117. The largest absolute Gasteiger partial charge is 0.354 e. The van der Waals surface area contributed by atoms with Crippen molar-refractivity contribution < 1.29 is 4.79 Å². The maximum absolute atomic E-state index is 12.5. The molecule has 1 amide bonds. The Morgan fingerprint density at radius 1 is 1.30 bits per heavy atom. The zero-order valence-electron chi connectivity index (χ0n) is 16.1. The SMILES string of the molecule is CN=C(NCC(=O)N1CCc2sccc2C1)NC(C)CCc1ccccc1. The van der Waals surface area contributed by atoms with Gasteiger partial charge in [0.05, 0.1) is 6.54 Å². The molecule has 2 N–H and O–H groups in total. The average molecular weight is 385 g/mol. The Balaban J connectivity index is 1.41. The third-order valence-corrected chi connectivity index (χ3v) is 5.91. The molecule has 3 rings (SSSR count). The lowest BCUT2D eigenvalue weighted by molar-refractivity contribution is -0.130. The summed E-state index contributed by atoms with van der Waals surface area (Å²) in [6.07, 6.45) is 2.98. The van der Waals surface area contributed by atoms with E-state index in [1.165, 1.54) is 16.0 Å². The van der Waals surface area contributed by atoms with Gasteiger partial charge in [-0.1, -0.05) is 30.3 Å². The van der Waals surface area contributed by atoms with E-state index in [4.69, 9.17) is 0 Å². The number of rotatable bonds is 6. The topological polar surface area (TPSA) is 56.7 Å². The number of amides is 1. The van der Waals surface area contributed by atoms with Crippen LogP contribution in [0.4, 0.5) is 0 Å². The highest BCUT2D eigenvalue weighted by molar-refractivity contribution is 7.10. The number of nitrogens with one attached hydrogen (secondary N) is 2. The predicted octanol–water partition coefficient (Wildman–Crippen LogP) is 2.82. The fourth-order valence-corrected chi connectivity index (χ4v) is 4.15. The minimum absolute atomic E-state index is 0.117. The summed E-state index contributed by atoms with van der Waals surface area (Å²) in [5.41, 5.74) is 2.62. The molecule has 1 unspecified atom stereocenters. The summed E-state index contributed by atoms with van der Waals surface area (Å²) >= 11 is 1.79. The maximum Gasteiger partial charge on any atom is 0.242 e. The first kappa shape index (κ1) is 19.4. The van der Waals surface area contributed by atoms with Crippen molar-refractivity contribution in [3.63, 3.8) is 0 Å². The molecule has 1 atom stereocenters. The van der Waals surface area contributed by atoms with Crippen molar-refractivity contribution in [1.29, 1.82) is 0 Å². The lowest BCUT2D eigenvalue weighted by atomic mass is 10.1. The fourth-order valence-electron chi connectivity index (χ4n) is 3.26. The van der Waals surface area contributed by atoms with E-state index in [1.807, 2.05) is 11.0 Å². The Hall–Kier alpha value is -2.34. The summed E-state index contributed by atoms with van der Waals surface area (Å²) < 4.78 is 0. The number of guanidine groups is 1. The number of fused-ring (bicyclic) bond motifs is 1. The van der Waals surface area contributed by atoms with E-state index in [-0.39, 0.29) is 18.5 Å². The molecule has 0 saturated carbocycles. The molecule has 0 fully saturated rings. The predicted molar refractivity (Wildman–Crippen MR) is 112 cm³/mol. The second-order valence-electron chi connectivity index (χ2n) is 6.93. The standard InChI is InChI=1S/C21H28N4OS/c1-16(8-9-17-6-4-3-5-7-17)24-21(22-2)23-14-20(26)25-12-10-19-18(15-25)11-13-27-19/h3-7,11,13,16H,8-10,12,14-15H2,1-2H3,(H2,22,23,24). The fraction of sp³-hybridized carbons (Fsp3) is 0.429. The van der Waals surface area contributed by atoms with Gasteiger partial charge in [-0.05, 0) is 48.8 Å². The van der Waals surface area contributed by atoms with Gasteiger partial charge in [-0.15, -0.1) is 11.3 Å². The van der Waals surface area contributed by atoms with Gasteiger partial charge in [0.2, 0.25) is 5.91 Å². The van der Waals surface area contributed by atoms with E-state index in [9.17, 15) is 4.79 Å². The number of aliphatic imine (C=N–C) groups is 1. The summed E-state index contributed by atoms with van der Waals surface area (Å²) in [6.45, 7) is 3.93. The average Bonchev–Trinajstić information content (AvgIpc) is 3.18. The molecule has 2 aromatic rings. The molecule has 27 heavy (non-hydrogen) atoms. The van der Waals surface area contributed by atoms with E-state index in [0.29, 0.717) is 5.96 Å². The summed E-state index contributed by atoms with van der Waals surface area (Å²) in [6, 6.07) is 12.9. The van der Waals surface area contributed by atoms with Gasteiger partial charge in [0.25, 0.3) is 0 Å². The number of hydrogen-bond donors (Lipinski definition) is 2. The van der Waals surface area contributed by atoms with Crippen LogP contribution in [0.3, 0.4) is 0 Å². The van der Waals surface area contributed by atoms with Crippen LogP contribution in [0.15, 0.2) is 46.8 Å². The lowest BCUT2D eigenvalue weighted by Gasteiger charge is -2.27. The third kappa shape index (κ3) is 5.57. The number of thiophene rings is 1. The molecule has 1 aliphatic heterocycles. The summed E-state index contributed by atoms with van der Waals surface area (Å²) in [5, 5.41) is 8.65. The smallest absolute Gasteiger partial charge is 0.242 e. The summed E-state index contributed by atoms with van der Waals surface area (Å²) in [4.78, 5) is 20.1. The highest BCUT2D eigenvalue weighted by atomic mass is 32.1. The molecule has 6 heteroatoms. The first-order valence-corrected chi connectivity index (χ1v) is 10.4. The van der Waals surface area contributed by atoms with Crippen LogP contribution in [0.25, 0.3) is 0 Å². The Kier molecular flexibility index (Phi) is 6.87. The van der Waals surface area contributed by atoms with E-state index in [2.05, 4.69) is 58.3 Å². The number of hydrogen-bond acceptors (Lipinski definition) is 3. The monoisotopic (exact) mass is 384 g/mol. The zero-order chi connectivity index (χ0) is 19.1. The van der Waals surface area contributed by atoms with Crippen LogP contribution in [-0.4, -0.2) is 42.9 Å². The molecule has 1 aromatic carbocycles. The van der Waals surface area contributed by atoms with Gasteiger partial charge in [0.1, 0.15) is 0 Å². The van der Waals surface area contributed by atoms with Crippen molar-refractivity contribution in [3.8, 4) is 0 Å². The van der Waals surface area contributed by atoms with Gasteiger partial charge in [0, 0.05) is 31.1 Å². The van der Waals surface area contributed by atoms with Crippen molar-refractivity contribution in [2.45, 2.75) is 38.8 Å². The Bertz CT molecular complexity index is 771. The van der Waals surface area contributed by atoms with Crippen molar-refractivity contribution >= 4 is 23.2 Å². The van der Waals surface area contributed by atoms with Crippen LogP contribution in [0.5, 0.6) is 0 Å². The maximum atomic E-state index is 12.5. The molecule has 144 valence electrons. The Morgan fingerprint density at radius 3 is 2.89 bits per heavy atom. The molecular weight excluding hydrogens is 356 g/mol. The number of carbonyl (C=O) groups excluding carboxylic acids is 1. The third-order valence-electron chi connectivity index (χ3n) is 4.88. The number of benzene rings is 1. The molecular formula is C21H28N4OS. The first-order valence-electron chi connectivity index (χ1n) is 9.50. The van der Waals surface area contributed by atoms with E-state index < -0.39 is 0 Å². The number of aryl methyl sites for hydroxylation is 1. The molecule has 0 aliphatic carbocycles. The molecule has 0 radical (unpaired) electrons. The van der Waals surface area contributed by atoms with Crippen molar-refractivity contribution in [3.05, 3.63) is 57.8 Å². The van der Waals surface area contributed by atoms with Crippen molar-refractivity contribution in [2.75, 3.05) is 20.1 Å². The highest BCUT2D eigenvalue weighted by Crippen LogP contribution is 2.23. The van der Waals surface area contributed by atoms with Crippen LogP contribution >= 0.6 is 11.3 Å². The molecule has 1 aromatic heterocycles.